The van der Waals surface area contributed by atoms with Crippen molar-refractivity contribution >= 4 is 44.1 Å². The zero-order valence-electron chi connectivity index (χ0n) is 22.3. The molecule has 2 aliphatic heterocycles. The quantitative estimate of drug-likeness (QED) is 0.184. The molecule has 2 N–H and O–H groups in total. The third-order valence-corrected chi connectivity index (χ3v) is 7.46. The van der Waals surface area contributed by atoms with Crippen LogP contribution < -0.4 is 53.5 Å². The summed E-state index contributed by atoms with van der Waals surface area (Å²) in [5.74, 6) is 2.39. The second-order valence-electron chi connectivity index (χ2n) is 9.79. The fraction of sp³-hybridized carbons (Fsp3) is 0. The molecule has 0 aliphatic carbocycles. The van der Waals surface area contributed by atoms with Gasteiger partial charge in [0.05, 0.1) is 0 Å². The second-order valence-corrected chi connectivity index (χ2v) is 9.79. The average Bonchev–Trinajstić information content (AvgIpc) is 3.73. The molecule has 0 spiro atoms. The molecule has 5 heterocycles. The number of hydrogen-bond donors (Lipinski definition) is 2. The fourth-order valence-corrected chi connectivity index (χ4v) is 5.59. The normalized spacial score (nSPS) is 11.4. The predicted molar refractivity (Wildman–Crippen MR) is 156 cm³/mol. The summed E-state index contributed by atoms with van der Waals surface area (Å²) in [7, 11) is 0. The van der Waals surface area contributed by atoms with Gasteiger partial charge in [-0.15, -0.1) is 0 Å². The molecule has 0 saturated heterocycles. The van der Waals surface area contributed by atoms with Gasteiger partial charge in [-0.25, -0.2) is 29.9 Å². The van der Waals surface area contributed by atoms with E-state index < -0.39 is 0 Å². The van der Waals surface area contributed by atoms with Crippen molar-refractivity contribution in [3.63, 3.8) is 0 Å². The summed E-state index contributed by atoms with van der Waals surface area (Å²) in [6.45, 7) is 0. The van der Waals surface area contributed by atoms with Crippen LogP contribution in [0.25, 0.3) is 89.7 Å². The number of hydrogen-bond acceptors (Lipinski definition) is 6. The molecule has 7 aromatic rings. The van der Waals surface area contributed by atoms with Crippen LogP contribution in [0.15, 0.2) is 97.1 Å². The number of nitrogens with zero attached hydrogens (tertiary/aromatic N) is 6. The van der Waals surface area contributed by atoms with Crippen LogP contribution in [0.3, 0.4) is 0 Å². The molecule has 4 aromatic carbocycles. The third kappa shape index (κ3) is 4.07. The number of nitrogens with one attached hydrogen (secondary N) is 2. The molecule has 8 bridgehead atoms. The van der Waals surface area contributed by atoms with E-state index in [4.69, 9.17) is 29.9 Å². The van der Waals surface area contributed by atoms with Gasteiger partial charge in [-0.3, -0.25) is 0 Å². The van der Waals surface area contributed by atoms with E-state index in [1.807, 2.05) is 97.1 Å². The van der Waals surface area contributed by atoms with Crippen molar-refractivity contribution in [3.05, 3.63) is 97.1 Å². The maximum absolute atomic E-state index is 5.02. The Morgan fingerprint density at radius 1 is 0.333 bits per heavy atom. The van der Waals surface area contributed by atoms with Crippen molar-refractivity contribution in [1.29, 1.82) is 0 Å². The maximum atomic E-state index is 5.02. The van der Waals surface area contributed by atoms with Gasteiger partial charge in [-0.05, 0) is 0 Å². The van der Waals surface area contributed by atoms with Crippen LogP contribution in [0.5, 0.6) is 0 Å². The summed E-state index contributed by atoms with van der Waals surface area (Å²) >= 11 is 0. The summed E-state index contributed by atoms with van der Waals surface area (Å²) < 4.78 is 0. The second kappa shape index (κ2) is 10.4. The minimum Gasteiger partial charge on any atom is -1.00 e. The SMILES string of the molecule is [I-].[Na+].c1ccc2c(c1)-c1nc-2nc2[nH]c(nc3nc(nc4[nH]c(n1)c1ccccc41)-c1ccccc1-3)c1ccccc21. The first kappa shape index (κ1) is 26.8. The Hall–Kier alpha value is -4.03. The summed E-state index contributed by atoms with van der Waals surface area (Å²) in [6.07, 6.45) is 0. The van der Waals surface area contributed by atoms with E-state index in [9.17, 15) is 0 Å². The molecule has 42 heavy (non-hydrogen) atoms. The molecular weight excluding hydrogens is 646 g/mol. The van der Waals surface area contributed by atoms with Crippen LogP contribution >= 0.6 is 0 Å². The van der Waals surface area contributed by atoms with Gasteiger partial charge >= 0.3 is 29.6 Å². The Kier molecular flexibility index (Phi) is 6.62. The minimum absolute atomic E-state index is 0. The number of H-pyrrole nitrogens is 2. The molecule has 0 saturated carbocycles. The number of rotatable bonds is 0. The van der Waals surface area contributed by atoms with Gasteiger partial charge in [0.15, 0.2) is 23.3 Å². The van der Waals surface area contributed by atoms with Crippen LogP contribution in [-0.4, -0.2) is 39.9 Å². The van der Waals surface area contributed by atoms with Gasteiger partial charge in [0.25, 0.3) is 0 Å². The van der Waals surface area contributed by atoms with Gasteiger partial charge in [-0.1, -0.05) is 97.1 Å². The van der Waals surface area contributed by atoms with E-state index >= 15 is 0 Å². The predicted octanol–water partition coefficient (Wildman–Crippen LogP) is 0.877. The minimum atomic E-state index is 0. The Balaban J connectivity index is 0.00000144. The fourth-order valence-electron chi connectivity index (χ4n) is 5.59. The van der Waals surface area contributed by atoms with Crippen LogP contribution in [0.4, 0.5) is 0 Å². The van der Waals surface area contributed by atoms with Crippen LogP contribution in [0, 0.1) is 0 Å². The summed E-state index contributed by atoms with van der Waals surface area (Å²) in [5.41, 5.74) is 6.45. The molecule has 0 radical (unpaired) electrons. The van der Waals surface area contributed by atoms with Crippen LogP contribution in [-0.2, 0) is 0 Å². The van der Waals surface area contributed by atoms with E-state index in [0.717, 1.165) is 43.8 Å². The van der Waals surface area contributed by atoms with E-state index in [1.165, 1.54) is 0 Å². The number of halogens is 1. The van der Waals surface area contributed by atoms with Gasteiger partial charge < -0.3 is 33.9 Å². The molecule has 194 valence electrons. The molecule has 0 fully saturated rings. The molecular formula is C32H18IN8Na. The molecule has 0 amide bonds. The van der Waals surface area contributed by atoms with Gasteiger partial charge in [-0.2, -0.15) is 0 Å². The summed E-state index contributed by atoms with van der Waals surface area (Å²) in [5, 5.41) is 3.82. The number of aromatic nitrogens is 8. The van der Waals surface area contributed by atoms with Gasteiger partial charge in [0.1, 0.15) is 22.6 Å². The molecule has 3 aromatic heterocycles. The van der Waals surface area contributed by atoms with Crippen molar-refractivity contribution in [2.75, 3.05) is 0 Å². The topological polar surface area (TPSA) is 109 Å². The Labute approximate surface area is 278 Å². The molecule has 0 unspecified atom stereocenters. The largest absolute Gasteiger partial charge is 1.00 e. The summed E-state index contributed by atoms with van der Waals surface area (Å²) in [6, 6.07) is 32.2. The molecule has 10 heteroatoms. The van der Waals surface area contributed by atoms with E-state index in [0.29, 0.717) is 45.9 Å². The van der Waals surface area contributed by atoms with Crippen molar-refractivity contribution < 1.29 is 53.5 Å². The first-order valence-electron chi connectivity index (χ1n) is 13.0. The maximum Gasteiger partial charge on any atom is 1.00 e. The number of benzene rings is 4. The zero-order chi connectivity index (χ0) is 26.2. The molecule has 0 atom stereocenters. The van der Waals surface area contributed by atoms with Gasteiger partial charge in [0.2, 0.25) is 0 Å². The molecule has 8 nitrogen and oxygen atoms in total. The van der Waals surface area contributed by atoms with E-state index in [1.54, 1.807) is 0 Å². The third-order valence-electron chi connectivity index (χ3n) is 7.46. The van der Waals surface area contributed by atoms with Crippen molar-refractivity contribution in [2.45, 2.75) is 0 Å². The Bertz CT molecular complexity index is 2040. The van der Waals surface area contributed by atoms with Gasteiger partial charge in [0, 0.05) is 43.8 Å². The van der Waals surface area contributed by atoms with Crippen LogP contribution in [0.1, 0.15) is 0 Å². The number of aromatic amines is 2. The zero-order valence-corrected chi connectivity index (χ0v) is 26.5. The van der Waals surface area contributed by atoms with Crippen molar-refractivity contribution in [2.24, 2.45) is 0 Å². The molecule has 2 aliphatic rings. The van der Waals surface area contributed by atoms with E-state index in [2.05, 4.69) is 9.97 Å². The van der Waals surface area contributed by atoms with E-state index in [-0.39, 0.29) is 53.5 Å². The molecule has 9 rings (SSSR count). The van der Waals surface area contributed by atoms with Crippen molar-refractivity contribution in [1.82, 2.24) is 39.9 Å². The van der Waals surface area contributed by atoms with Crippen molar-refractivity contribution in [3.8, 4) is 45.6 Å². The standard InChI is InChI=1S/C32H18N8.HI.Na/c1-2-10-18-17(9-1)25-33-26(18)38-28-21-13-5-6-14-22(21)30(35-28)40-32-24-16-8-7-15-23(24)31(36-32)39-29-20-12-4-3-11-19(20)27(34-29)37-25;;/h1-16H,(H2,33,34,35,36,37,38,39,40);1H;/q;;+1/p-1. The first-order chi connectivity index (χ1) is 19.8. The summed E-state index contributed by atoms with van der Waals surface area (Å²) in [4.78, 5) is 36.8. The first-order valence-corrected chi connectivity index (χ1v) is 13.0. The smallest absolute Gasteiger partial charge is 1.00 e. The Morgan fingerprint density at radius 3 is 0.833 bits per heavy atom. The average molecular weight is 664 g/mol. The Morgan fingerprint density at radius 2 is 0.571 bits per heavy atom. The van der Waals surface area contributed by atoms with Crippen LogP contribution in [0.2, 0.25) is 0 Å². The monoisotopic (exact) mass is 664 g/mol. The number of fused-ring (bicyclic) bond motifs is 20.